The third-order valence-electron chi connectivity index (χ3n) is 4.58. The molecule has 0 spiro atoms. The zero-order chi connectivity index (χ0) is 21.9. The summed E-state index contributed by atoms with van der Waals surface area (Å²) in [5, 5.41) is 2.97. The summed E-state index contributed by atoms with van der Waals surface area (Å²) in [6.45, 7) is 0.166. The van der Waals surface area contributed by atoms with Crippen molar-refractivity contribution in [3.8, 4) is 0 Å². The SMILES string of the molecule is NCCNC(=O)C1N(C(=O)c2ccc(Cl)cc2)CCN1S(=O)(=O)c1ccc(F)cc1. The van der Waals surface area contributed by atoms with Gasteiger partial charge in [-0.3, -0.25) is 9.59 Å². The van der Waals surface area contributed by atoms with Crippen molar-refractivity contribution in [2.24, 2.45) is 5.73 Å². The minimum absolute atomic E-state index is 0.00258. The maximum Gasteiger partial charge on any atom is 0.259 e. The van der Waals surface area contributed by atoms with Crippen LogP contribution in [0.4, 0.5) is 4.39 Å². The van der Waals surface area contributed by atoms with Crippen molar-refractivity contribution in [2.75, 3.05) is 26.2 Å². The molecule has 2 amide bonds. The summed E-state index contributed by atoms with van der Waals surface area (Å²) in [6, 6.07) is 10.3. The van der Waals surface area contributed by atoms with Crippen molar-refractivity contribution in [2.45, 2.75) is 11.1 Å². The van der Waals surface area contributed by atoms with E-state index in [1.807, 2.05) is 0 Å². The van der Waals surface area contributed by atoms with Gasteiger partial charge in [-0.1, -0.05) is 11.6 Å². The minimum Gasteiger partial charge on any atom is -0.352 e. The third kappa shape index (κ3) is 4.46. The molecule has 1 atom stereocenters. The van der Waals surface area contributed by atoms with Crippen LogP contribution in [0.15, 0.2) is 53.4 Å². The van der Waals surface area contributed by atoms with Gasteiger partial charge in [0.25, 0.3) is 11.8 Å². The molecule has 1 fully saturated rings. The second-order valence-electron chi connectivity index (χ2n) is 6.53. The number of nitrogens with one attached hydrogen (secondary N) is 1. The lowest BCUT2D eigenvalue weighted by molar-refractivity contribution is -0.127. The van der Waals surface area contributed by atoms with Crippen LogP contribution in [0, 0.1) is 5.82 Å². The molecule has 1 aliphatic heterocycles. The van der Waals surface area contributed by atoms with E-state index in [1.54, 1.807) is 0 Å². The molecule has 3 N–H and O–H groups in total. The van der Waals surface area contributed by atoms with Gasteiger partial charge in [-0.05, 0) is 48.5 Å². The summed E-state index contributed by atoms with van der Waals surface area (Å²) in [4.78, 5) is 26.8. The van der Waals surface area contributed by atoms with E-state index in [0.29, 0.717) is 5.02 Å². The maximum atomic E-state index is 13.2. The van der Waals surface area contributed by atoms with Crippen LogP contribution in [-0.4, -0.2) is 61.8 Å². The molecule has 0 aliphatic carbocycles. The predicted molar refractivity (Wildman–Crippen MR) is 109 cm³/mol. The van der Waals surface area contributed by atoms with Gasteiger partial charge in [-0.25, -0.2) is 12.8 Å². The first-order valence-electron chi connectivity index (χ1n) is 9.07. The highest BCUT2D eigenvalue weighted by molar-refractivity contribution is 7.89. The maximum absolute atomic E-state index is 13.2. The van der Waals surface area contributed by atoms with Crippen LogP contribution in [0.25, 0.3) is 0 Å². The number of sulfonamides is 1. The van der Waals surface area contributed by atoms with Gasteiger partial charge in [-0.2, -0.15) is 4.31 Å². The van der Waals surface area contributed by atoms with Crippen LogP contribution in [-0.2, 0) is 14.8 Å². The summed E-state index contributed by atoms with van der Waals surface area (Å²) >= 11 is 5.86. The van der Waals surface area contributed by atoms with Gasteiger partial charge in [0, 0.05) is 36.8 Å². The van der Waals surface area contributed by atoms with Gasteiger partial charge < -0.3 is 16.0 Å². The molecule has 1 unspecified atom stereocenters. The molecule has 0 saturated carbocycles. The predicted octanol–water partition coefficient (Wildman–Crippen LogP) is 1.03. The third-order valence-corrected chi connectivity index (χ3v) is 6.70. The van der Waals surface area contributed by atoms with Crippen molar-refractivity contribution in [1.82, 2.24) is 14.5 Å². The zero-order valence-electron chi connectivity index (χ0n) is 15.8. The second kappa shape index (κ2) is 9.09. The van der Waals surface area contributed by atoms with E-state index < -0.39 is 33.8 Å². The van der Waals surface area contributed by atoms with Gasteiger partial charge >= 0.3 is 0 Å². The lowest BCUT2D eigenvalue weighted by Gasteiger charge is -2.28. The highest BCUT2D eigenvalue weighted by atomic mass is 35.5. The Balaban J connectivity index is 1.96. The quantitative estimate of drug-likeness (QED) is 0.676. The Morgan fingerprint density at radius 2 is 1.73 bits per heavy atom. The molecule has 30 heavy (non-hydrogen) atoms. The van der Waals surface area contributed by atoms with E-state index in [4.69, 9.17) is 17.3 Å². The fourth-order valence-electron chi connectivity index (χ4n) is 3.13. The number of benzene rings is 2. The fourth-order valence-corrected chi connectivity index (χ4v) is 4.80. The summed E-state index contributed by atoms with van der Waals surface area (Å²) in [5.41, 5.74) is 5.69. The average molecular weight is 455 g/mol. The first kappa shape index (κ1) is 22.2. The number of amides is 2. The molecule has 1 aliphatic rings. The second-order valence-corrected chi connectivity index (χ2v) is 8.86. The Bertz CT molecular complexity index is 1030. The standard InChI is InChI=1S/C19H20ClFN4O4S/c20-14-3-1-13(2-4-14)19(27)24-11-12-25(18(24)17(26)23-10-9-22)30(28,29)16-7-5-15(21)6-8-16/h1-8,18H,9-12,22H2,(H,23,26). The highest BCUT2D eigenvalue weighted by Gasteiger charge is 2.46. The van der Waals surface area contributed by atoms with Crippen molar-refractivity contribution in [1.29, 1.82) is 0 Å². The monoisotopic (exact) mass is 454 g/mol. The number of carbonyl (C=O) groups excluding carboxylic acids is 2. The van der Waals surface area contributed by atoms with Crippen LogP contribution in [0.5, 0.6) is 0 Å². The van der Waals surface area contributed by atoms with E-state index in [1.165, 1.54) is 29.2 Å². The van der Waals surface area contributed by atoms with E-state index in [-0.39, 0.29) is 36.6 Å². The first-order chi connectivity index (χ1) is 14.3. The fraction of sp³-hybridized carbons (Fsp3) is 0.263. The van der Waals surface area contributed by atoms with Crippen LogP contribution in [0.1, 0.15) is 10.4 Å². The van der Waals surface area contributed by atoms with Gasteiger partial charge in [0.2, 0.25) is 10.0 Å². The Morgan fingerprint density at radius 3 is 2.33 bits per heavy atom. The molecule has 0 radical (unpaired) electrons. The molecular weight excluding hydrogens is 435 g/mol. The van der Waals surface area contributed by atoms with E-state index >= 15 is 0 Å². The number of hydrogen-bond donors (Lipinski definition) is 2. The first-order valence-corrected chi connectivity index (χ1v) is 10.9. The molecule has 2 aromatic carbocycles. The van der Waals surface area contributed by atoms with Crippen LogP contribution >= 0.6 is 11.6 Å². The molecular formula is C19H20ClFN4O4S. The highest BCUT2D eigenvalue weighted by Crippen LogP contribution is 2.26. The molecule has 3 rings (SSSR count). The van der Waals surface area contributed by atoms with Crippen molar-refractivity contribution >= 4 is 33.4 Å². The molecule has 160 valence electrons. The Labute approximate surface area is 178 Å². The van der Waals surface area contributed by atoms with Crippen molar-refractivity contribution < 1.29 is 22.4 Å². The van der Waals surface area contributed by atoms with Gasteiger partial charge in [0.05, 0.1) is 4.90 Å². The molecule has 1 saturated heterocycles. The minimum atomic E-state index is -4.17. The van der Waals surface area contributed by atoms with E-state index in [9.17, 15) is 22.4 Å². The number of rotatable bonds is 6. The van der Waals surface area contributed by atoms with Crippen LogP contribution < -0.4 is 11.1 Å². The molecule has 2 aromatic rings. The lowest BCUT2D eigenvalue weighted by Crippen LogP contribution is -2.54. The largest absolute Gasteiger partial charge is 0.352 e. The van der Waals surface area contributed by atoms with Gasteiger partial charge in [0.1, 0.15) is 5.82 Å². The number of carbonyl (C=O) groups is 2. The van der Waals surface area contributed by atoms with Gasteiger partial charge in [0.15, 0.2) is 6.17 Å². The molecule has 0 aromatic heterocycles. The number of nitrogens with zero attached hydrogens (tertiary/aromatic N) is 2. The summed E-state index contributed by atoms with van der Waals surface area (Å²) in [5.74, 6) is -1.78. The summed E-state index contributed by atoms with van der Waals surface area (Å²) in [7, 11) is -4.17. The number of hydrogen-bond acceptors (Lipinski definition) is 5. The Morgan fingerprint density at radius 1 is 1.10 bits per heavy atom. The molecule has 1 heterocycles. The lowest BCUT2D eigenvalue weighted by atomic mass is 10.2. The Hall–Kier alpha value is -2.53. The van der Waals surface area contributed by atoms with Gasteiger partial charge in [-0.15, -0.1) is 0 Å². The van der Waals surface area contributed by atoms with Crippen molar-refractivity contribution in [3.63, 3.8) is 0 Å². The molecule has 0 bridgehead atoms. The van der Waals surface area contributed by atoms with E-state index in [2.05, 4.69) is 5.32 Å². The molecule has 11 heteroatoms. The summed E-state index contributed by atoms with van der Waals surface area (Å²) in [6.07, 6.45) is -1.41. The zero-order valence-corrected chi connectivity index (χ0v) is 17.4. The number of halogens is 2. The smallest absolute Gasteiger partial charge is 0.259 e. The normalized spacial score (nSPS) is 17.2. The van der Waals surface area contributed by atoms with Crippen molar-refractivity contribution in [3.05, 3.63) is 64.9 Å². The number of nitrogens with two attached hydrogens (primary N) is 1. The average Bonchev–Trinajstić information content (AvgIpc) is 3.18. The van der Waals surface area contributed by atoms with Crippen LogP contribution in [0.3, 0.4) is 0 Å². The summed E-state index contributed by atoms with van der Waals surface area (Å²) < 4.78 is 40.4. The topological polar surface area (TPSA) is 113 Å². The Kier molecular flexibility index (Phi) is 6.71. The molecule has 8 nitrogen and oxygen atoms in total. The van der Waals surface area contributed by atoms with E-state index in [0.717, 1.165) is 28.6 Å². The van der Waals surface area contributed by atoms with Crippen LogP contribution in [0.2, 0.25) is 5.02 Å².